The summed E-state index contributed by atoms with van der Waals surface area (Å²) in [4.78, 5) is 51.5. The summed E-state index contributed by atoms with van der Waals surface area (Å²) >= 11 is 0. The van der Waals surface area contributed by atoms with Gasteiger partial charge in [0.1, 0.15) is 24.7 Å². The molecule has 9 heteroatoms. The fraction of sp³-hybridized carbons (Fsp3) is 0.565. The second-order valence-corrected chi connectivity index (χ2v) is 8.89. The average Bonchev–Trinajstić information content (AvgIpc) is 2.72. The largest absolute Gasteiger partial charge is 0.468 e. The number of ether oxygens (including phenoxy) is 2. The molecule has 1 rings (SSSR count). The topological polar surface area (TPSA) is 114 Å². The highest BCUT2D eigenvalue weighted by atomic mass is 16.6. The Morgan fingerprint density at radius 2 is 1.56 bits per heavy atom. The number of esters is 1. The molecule has 1 aromatic rings. The maximum absolute atomic E-state index is 13.3. The van der Waals surface area contributed by atoms with Crippen molar-refractivity contribution >= 4 is 23.9 Å². The van der Waals surface area contributed by atoms with Crippen LogP contribution in [0.1, 0.15) is 59.6 Å². The van der Waals surface area contributed by atoms with E-state index in [1.807, 2.05) is 20.8 Å². The van der Waals surface area contributed by atoms with Gasteiger partial charge in [-0.2, -0.15) is 0 Å². The number of hydrogen-bond donors (Lipinski definition) is 2. The molecule has 0 radical (unpaired) electrons. The van der Waals surface area contributed by atoms with Gasteiger partial charge in [0, 0.05) is 5.54 Å². The first-order valence-electron chi connectivity index (χ1n) is 10.5. The minimum Gasteiger partial charge on any atom is -0.468 e. The molecule has 0 fully saturated rings. The highest BCUT2D eigenvalue weighted by Gasteiger charge is 2.40. The predicted octanol–water partition coefficient (Wildman–Crippen LogP) is 2.56. The normalized spacial score (nSPS) is 12.3. The number of benzene rings is 1. The van der Waals surface area contributed by atoms with E-state index in [1.165, 1.54) is 12.0 Å². The molecule has 1 atom stereocenters. The zero-order valence-corrected chi connectivity index (χ0v) is 20.0. The molecular formula is C23H35N3O6. The van der Waals surface area contributed by atoms with E-state index in [2.05, 4.69) is 15.4 Å². The Morgan fingerprint density at radius 3 is 2.06 bits per heavy atom. The van der Waals surface area contributed by atoms with E-state index in [4.69, 9.17) is 4.74 Å². The Labute approximate surface area is 189 Å². The van der Waals surface area contributed by atoms with Crippen LogP contribution in [-0.4, -0.2) is 60.1 Å². The summed E-state index contributed by atoms with van der Waals surface area (Å²) in [7, 11) is 1.22. The molecule has 0 saturated carbocycles. The van der Waals surface area contributed by atoms with Gasteiger partial charge >= 0.3 is 12.1 Å². The third-order valence-electron chi connectivity index (χ3n) is 4.83. The van der Waals surface area contributed by atoms with E-state index < -0.39 is 41.1 Å². The first kappa shape index (κ1) is 26.9. The molecule has 0 heterocycles. The van der Waals surface area contributed by atoms with Crippen molar-refractivity contribution in [2.24, 2.45) is 0 Å². The lowest BCUT2D eigenvalue weighted by molar-refractivity contribution is -0.148. The lowest BCUT2D eigenvalue weighted by Gasteiger charge is -2.43. The van der Waals surface area contributed by atoms with Gasteiger partial charge in [0.05, 0.1) is 7.11 Å². The first-order chi connectivity index (χ1) is 14.8. The Kier molecular flexibility index (Phi) is 9.68. The lowest BCUT2D eigenvalue weighted by Crippen LogP contribution is -2.56. The van der Waals surface area contributed by atoms with Crippen molar-refractivity contribution in [1.82, 2.24) is 15.5 Å². The number of amides is 3. The number of carbonyl (C=O) groups excluding carboxylic acids is 4. The molecule has 0 spiro atoms. The maximum Gasteiger partial charge on any atom is 0.408 e. The van der Waals surface area contributed by atoms with E-state index in [0.29, 0.717) is 12.0 Å². The third kappa shape index (κ3) is 8.20. The molecule has 178 valence electrons. The minimum atomic E-state index is -1.02. The quantitative estimate of drug-likeness (QED) is 0.560. The molecule has 0 aliphatic carbocycles. The molecule has 9 nitrogen and oxygen atoms in total. The van der Waals surface area contributed by atoms with Crippen molar-refractivity contribution in [2.45, 2.75) is 65.1 Å². The summed E-state index contributed by atoms with van der Waals surface area (Å²) in [5.74, 6) is -1.61. The van der Waals surface area contributed by atoms with Crippen molar-refractivity contribution < 1.29 is 28.7 Å². The van der Waals surface area contributed by atoms with Gasteiger partial charge in [-0.1, -0.05) is 37.3 Å². The smallest absolute Gasteiger partial charge is 0.408 e. The summed E-state index contributed by atoms with van der Waals surface area (Å²) in [6.07, 6.45) is -0.190. The van der Waals surface area contributed by atoms with Gasteiger partial charge in [-0.15, -0.1) is 0 Å². The number of hydrogen-bond acceptors (Lipinski definition) is 6. The number of carbonyl (C=O) groups is 4. The number of nitrogens with zero attached hydrogens (tertiary/aromatic N) is 1. The fourth-order valence-electron chi connectivity index (χ4n) is 2.93. The van der Waals surface area contributed by atoms with E-state index in [1.54, 1.807) is 51.1 Å². The number of nitrogens with one attached hydrogen (secondary N) is 2. The number of rotatable bonds is 9. The summed E-state index contributed by atoms with van der Waals surface area (Å²) in [5, 5.41) is 5.00. The van der Waals surface area contributed by atoms with E-state index >= 15 is 0 Å². The van der Waals surface area contributed by atoms with E-state index in [0.717, 1.165) is 0 Å². The minimum absolute atomic E-state index is 0.330. The maximum atomic E-state index is 13.3. The van der Waals surface area contributed by atoms with E-state index in [9.17, 15) is 19.2 Å². The summed E-state index contributed by atoms with van der Waals surface area (Å²) in [5.41, 5.74) is -0.881. The van der Waals surface area contributed by atoms with Gasteiger partial charge in [-0.25, -0.2) is 4.79 Å². The molecule has 1 aromatic carbocycles. The molecule has 0 aliphatic heterocycles. The average molecular weight is 450 g/mol. The molecule has 2 N–H and O–H groups in total. The molecule has 3 amide bonds. The van der Waals surface area contributed by atoms with E-state index in [-0.39, 0.29) is 13.1 Å². The molecule has 0 aromatic heterocycles. The molecule has 1 unspecified atom stereocenters. The van der Waals surface area contributed by atoms with Crippen molar-refractivity contribution in [2.75, 3.05) is 20.2 Å². The van der Waals surface area contributed by atoms with Crippen LogP contribution in [0.25, 0.3) is 0 Å². The van der Waals surface area contributed by atoms with Crippen LogP contribution in [0.4, 0.5) is 4.79 Å². The summed E-state index contributed by atoms with van der Waals surface area (Å²) in [6.45, 7) is 10.0. The van der Waals surface area contributed by atoms with Crippen LogP contribution in [0.3, 0.4) is 0 Å². The molecule has 0 aliphatic rings. The van der Waals surface area contributed by atoms with Gasteiger partial charge in [-0.3, -0.25) is 14.4 Å². The van der Waals surface area contributed by atoms with Crippen LogP contribution < -0.4 is 10.6 Å². The van der Waals surface area contributed by atoms with Crippen molar-refractivity contribution in [3.63, 3.8) is 0 Å². The monoisotopic (exact) mass is 449 g/mol. The SMILES string of the molecule is CCC(C)(C)N(C(=O)CNC(=O)OC(C)(C)C)C(C(=O)NCC(=O)OC)c1ccccc1. The second kappa shape index (κ2) is 11.5. The first-order valence-corrected chi connectivity index (χ1v) is 10.5. The Hall–Kier alpha value is -3.10. The molecular weight excluding hydrogens is 414 g/mol. The second-order valence-electron chi connectivity index (χ2n) is 8.89. The third-order valence-corrected chi connectivity index (χ3v) is 4.83. The van der Waals surface area contributed by atoms with Gasteiger partial charge < -0.3 is 25.0 Å². The Balaban J connectivity index is 3.26. The zero-order valence-electron chi connectivity index (χ0n) is 20.0. The van der Waals surface area contributed by atoms with Gasteiger partial charge in [0.2, 0.25) is 11.8 Å². The highest BCUT2D eigenvalue weighted by Crippen LogP contribution is 2.31. The Morgan fingerprint density at radius 1 is 0.969 bits per heavy atom. The standard InChI is InChI=1S/C23H35N3O6/c1-8-23(5,6)26(17(27)14-25-21(30)32-22(2,3)4)19(16-12-10-9-11-13-16)20(29)24-15-18(28)31-7/h9-13,19H,8,14-15H2,1-7H3,(H,24,29)(H,25,30). The molecule has 0 bridgehead atoms. The predicted molar refractivity (Wildman–Crippen MR) is 120 cm³/mol. The highest BCUT2D eigenvalue weighted by molar-refractivity contribution is 5.92. The van der Waals surface area contributed by atoms with Gasteiger partial charge in [0.15, 0.2) is 0 Å². The van der Waals surface area contributed by atoms with Crippen LogP contribution >= 0.6 is 0 Å². The molecule has 0 saturated heterocycles. The Bertz CT molecular complexity index is 802. The van der Waals surface area contributed by atoms with Crippen molar-refractivity contribution in [3.05, 3.63) is 35.9 Å². The lowest BCUT2D eigenvalue weighted by atomic mass is 9.93. The number of alkyl carbamates (subject to hydrolysis) is 1. The zero-order chi connectivity index (χ0) is 24.5. The van der Waals surface area contributed by atoms with Crippen LogP contribution in [0, 0.1) is 0 Å². The van der Waals surface area contributed by atoms with Gasteiger partial charge in [0.25, 0.3) is 0 Å². The summed E-state index contributed by atoms with van der Waals surface area (Å²) in [6, 6.07) is 7.76. The van der Waals surface area contributed by atoms with Crippen LogP contribution in [0.2, 0.25) is 0 Å². The van der Waals surface area contributed by atoms with Crippen LogP contribution in [0.15, 0.2) is 30.3 Å². The number of methoxy groups -OCH3 is 1. The van der Waals surface area contributed by atoms with Crippen LogP contribution in [-0.2, 0) is 23.9 Å². The van der Waals surface area contributed by atoms with Crippen LogP contribution in [0.5, 0.6) is 0 Å². The van der Waals surface area contributed by atoms with Crippen molar-refractivity contribution in [3.8, 4) is 0 Å². The van der Waals surface area contributed by atoms with Gasteiger partial charge in [-0.05, 0) is 46.6 Å². The molecule has 32 heavy (non-hydrogen) atoms. The summed E-state index contributed by atoms with van der Waals surface area (Å²) < 4.78 is 9.79. The van der Waals surface area contributed by atoms with Crippen molar-refractivity contribution in [1.29, 1.82) is 0 Å². The fourth-order valence-corrected chi connectivity index (χ4v) is 2.93.